The molecule has 0 spiro atoms. The summed E-state index contributed by atoms with van der Waals surface area (Å²) in [5.41, 5.74) is 24.6. The number of anilines is 6. The molecule has 0 amide bonds. The molecule has 3 nitrogen and oxygen atoms in total. The highest BCUT2D eigenvalue weighted by Crippen LogP contribution is 2.47. The summed E-state index contributed by atoms with van der Waals surface area (Å²) >= 11 is 0. The van der Waals surface area contributed by atoms with Gasteiger partial charge in [0, 0.05) is 34.1 Å². The van der Waals surface area contributed by atoms with Crippen molar-refractivity contribution in [2.24, 2.45) is 0 Å². The summed E-state index contributed by atoms with van der Waals surface area (Å²) in [7, 11) is 0. The van der Waals surface area contributed by atoms with Gasteiger partial charge in [0.2, 0.25) is 0 Å². The van der Waals surface area contributed by atoms with Gasteiger partial charge in [-0.2, -0.15) is 5.26 Å². The quantitative estimate of drug-likeness (QED) is 0.157. The predicted octanol–water partition coefficient (Wildman–Crippen LogP) is 13.2. The average Bonchev–Trinajstić information content (AvgIpc) is 3.32. The van der Waals surface area contributed by atoms with Gasteiger partial charge in [-0.25, -0.2) is 0 Å². The first kappa shape index (κ1) is 37.2. The van der Waals surface area contributed by atoms with Gasteiger partial charge in [-0.3, -0.25) is 0 Å². The first-order valence-corrected chi connectivity index (χ1v) is 21.3. The third-order valence-corrected chi connectivity index (χ3v) is 12.8. The maximum absolute atomic E-state index is 9.61. The summed E-state index contributed by atoms with van der Waals surface area (Å²) in [6.45, 7) is 6.64. The molecule has 0 N–H and O–H groups in total. The maximum Gasteiger partial charge on any atom is 0.252 e. The van der Waals surface area contributed by atoms with Gasteiger partial charge >= 0.3 is 0 Å². The van der Waals surface area contributed by atoms with Crippen molar-refractivity contribution in [2.45, 2.75) is 20.8 Å². The number of para-hydroxylation sites is 1. The molecule has 0 fully saturated rings. The van der Waals surface area contributed by atoms with Crippen LogP contribution < -0.4 is 26.2 Å². The van der Waals surface area contributed by atoms with Crippen LogP contribution in [0.4, 0.5) is 34.1 Å². The SMILES string of the molecule is Cc1cc(C)c(-c2cc3c4c(c2)N(c2ccc(-c5ccccc5)cc2)c2ccc(-c5ccc(C#N)cc5)cc2B4c2ccccc2N3c2ccc(-c3ccccc3)cc2)c(C)c1. The molecule has 9 aromatic rings. The van der Waals surface area contributed by atoms with Crippen LogP contribution in [-0.4, -0.2) is 6.71 Å². The second kappa shape index (κ2) is 15.0. The molecular weight excluding hydrogens is 749 g/mol. The highest BCUT2D eigenvalue weighted by molar-refractivity contribution is 7.00. The number of hydrogen-bond acceptors (Lipinski definition) is 3. The fraction of sp³-hybridized carbons (Fsp3) is 0.0517. The Kier molecular flexibility index (Phi) is 8.99. The van der Waals surface area contributed by atoms with Crippen molar-refractivity contribution < 1.29 is 0 Å². The Labute approximate surface area is 364 Å². The minimum absolute atomic E-state index is 0.0431. The molecule has 4 heteroatoms. The van der Waals surface area contributed by atoms with Gasteiger partial charge in [-0.15, -0.1) is 0 Å². The van der Waals surface area contributed by atoms with Crippen molar-refractivity contribution in [3.8, 4) is 50.6 Å². The largest absolute Gasteiger partial charge is 0.311 e. The van der Waals surface area contributed by atoms with Gasteiger partial charge < -0.3 is 9.80 Å². The van der Waals surface area contributed by atoms with E-state index in [0.29, 0.717) is 5.56 Å². The van der Waals surface area contributed by atoms with E-state index in [4.69, 9.17) is 0 Å². The Balaban J connectivity index is 1.20. The fourth-order valence-electron chi connectivity index (χ4n) is 10.1. The van der Waals surface area contributed by atoms with Gasteiger partial charge in [0.15, 0.2) is 0 Å². The van der Waals surface area contributed by atoms with E-state index in [1.54, 1.807) is 0 Å². The van der Waals surface area contributed by atoms with E-state index in [9.17, 15) is 5.26 Å². The summed E-state index contributed by atoms with van der Waals surface area (Å²) in [5.74, 6) is 0. The van der Waals surface area contributed by atoms with E-state index < -0.39 is 0 Å². The van der Waals surface area contributed by atoms with Crippen LogP contribution in [0, 0.1) is 32.1 Å². The van der Waals surface area contributed by atoms with E-state index in [0.717, 1.165) is 28.2 Å². The molecule has 0 bridgehead atoms. The zero-order valence-corrected chi connectivity index (χ0v) is 35.0. The number of benzene rings is 9. The molecule has 2 aliphatic heterocycles. The topological polar surface area (TPSA) is 30.3 Å². The molecule has 62 heavy (non-hydrogen) atoms. The lowest BCUT2D eigenvalue weighted by Gasteiger charge is -2.44. The molecule has 0 aromatic heterocycles. The molecule has 2 aliphatic rings. The number of aryl methyl sites for hydroxylation is 3. The normalized spacial score (nSPS) is 12.3. The molecule has 0 unspecified atom stereocenters. The van der Waals surface area contributed by atoms with Crippen molar-refractivity contribution >= 4 is 57.2 Å². The monoisotopic (exact) mass is 791 g/mol. The van der Waals surface area contributed by atoms with Crippen molar-refractivity contribution in [2.75, 3.05) is 9.80 Å². The molecule has 0 radical (unpaired) electrons. The average molecular weight is 792 g/mol. The van der Waals surface area contributed by atoms with E-state index >= 15 is 0 Å². The van der Waals surface area contributed by atoms with Crippen LogP contribution >= 0.6 is 0 Å². The summed E-state index contributed by atoms with van der Waals surface area (Å²) in [6, 6.07) is 75.0. The van der Waals surface area contributed by atoms with Crippen molar-refractivity contribution in [3.63, 3.8) is 0 Å². The Morgan fingerprint density at radius 2 is 0.839 bits per heavy atom. The second-order valence-electron chi connectivity index (χ2n) is 16.7. The van der Waals surface area contributed by atoms with Gasteiger partial charge in [-0.1, -0.05) is 145 Å². The lowest BCUT2D eigenvalue weighted by molar-refractivity contribution is 1.25. The van der Waals surface area contributed by atoms with Crippen molar-refractivity contribution in [3.05, 3.63) is 222 Å². The standard InChI is InChI=1S/C58H42BN3/c1-38-32-39(2)57(40(3)33-38)48-35-55-58-56(36-48)62(50-29-24-45(25-30-50)43-14-8-5-9-15-43)54-31-26-47(46-20-18-41(37-60)19-21-46)34-52(54)59(58)51-16-10-11-17-53(51)61(55)49-27-22-44(23-28-49)42-12-6-4-7-13-42/h4-36H,1-3H3. The van der Waals surface area contributed by atoms with Crippen LogP contribution in [0.15, 0.2) is 200 Å². The van der Waals surface area contributed by atoms with Gasteiger partial charge in [-0.05, 0) is 153 Å². The van der Waals surface area contributed by atoms with Gasteiger partial charge in [0.05, 0.1) is 11.6 Å². The van der Waals surface area contributed by atoms with Crippen LogP contribution in [0.2, 0.25) is 0 Å². The second-order valence-corrected chi connectivity index (χ2v) is 16.7. The fourth-order valence-corrected chi connectivity index (χ4v) is 10.1. The van der Waals surface area contributed by atoms with E-state index in [-0.39, 0.29) is 6.71 Å². The first-order chi connectivity index (χ1) is 30.4. The number of nitrogens with zero attached hydrogens (tertiary/aromatic N) is 3. The van der Waals surface area contributed by atoms with Crippen molar-refractivity contribution in [1.82, 2.24) is 0 Å². The lowest BCUT2D eigenvalue weighted by atomic mass is 9.33. The Bertz CT molecular complexity index is 3160. The third-order valence-electron chi connectivity index (χ3n) is 12.8. The first-order valence-electron chi connectivity index (χ1n) is 21.3. The lowest BCUT2D eigenvalue weighted by Crippen LogP contribution is -2.61. The molecule has 0 saturated heterocycles. The molecule has 11 rings (SSSR count). The van der Waals surface area contributed by atoms with Crippen LogP contribution in [0.25, 0.3) is 44.5 Å². The number of fused-ring (bicyclic) bond motifs is 4. The predicted molar refractivity (Wildman–Crippen MR) is 261 cm³/mol. The zero-order valence-electron chi connectivity index (χ0n) is 35.0. The van der Waals surface area contributed by atoms with Gasteiger partial charge in [0.1, 0.15) is 0 Å². The van der Waals surface area contributed by atoms with Gasteiger partial charge in [0.25, 0.3) is 6.71 Å². The Morgan fingerprint density at radius 3 is 1.39 bits per heavy atom. The molecule has 0 atom stereocenters. The molecule has 0 aliphatic carbocycles. The number of hydrogen-bond donors (Lipinski definition) is 0. The number of nitriles is 1. The van der Waals surface area contributed by atoms with Crippen molar-refractivity contribution in [1.29, 1.82) is 5.26 Å². The summed E-state index contributed by atoms with van der Waals surface area (Å²) in [6.07, 6.45) is 0. The molecule has 2 heterocycles. The summed E-state index contributed by atoms with van der Waals surface area (Å²) in [4.78, 5) is 4.99. The highest BCUT2D eigenvalue weighted by atomic mass is 15.2. The Morgan fingerprint density at radius 1 is 0.387 bits per heavy atom. The minimum atomic E-state index is -0.0431. The van der Waals surface area contributed by atoms with Crippen LogP contribution in [0.1, 0.15) is 22.3 Å². The highest BCUT2D eigenvalue weighted by Gasteiger charge is 2.43. The Hall–Kier alpha value is -7.87. The zero-order chi connectivity index (χ0) is 41.9. The molecule has 9 aromatic carbocycles. The van der Waals surface area contributed by atoms with Crippen LogP contribution in [0.3, 0.4) is 0 Å². The van der Waals surface area contributed by atoms with Crippen LogP contribution in [0.5, 0.6) is 0 Å². The van der Waals surface area contributed by atoms with Crippen LogP contribution in [-0.2, 0) is 0 Å². The minimum Gasteiger partial charge on any atom is -0.311 e. The molecule has 0 saturated carbocycles. The molecule has 292 valence electrons. The summed E-state index contributed by atoms with van der Waals surface area (Å²) in [5, 5.41) is 9.61. The molecular formula is C58H42BN3. The van der Waals surface area contributed by atoms with E-state index in [2.05, 4.69) is 225 Å². The van der Waals surface area contributed by atoms with E-state index in [1.165, 1.54) is 83.5 Å². The number of rotatable bonds is 6. The van der Waals surface area contributed by atoms with E-state index in [1.807, 2.05) is 12.1 Å². The maximum atomic E-state index is 9.61. The smallest absolute Gasteiger partial charge is 0.252 e. The third kappa shape index (κ3) is 6.21. The summed E-state index contributed by atoms with van der Waals surface area (Å²) < 4.78 is 0.